The van der Waals surface area contributed by atoms with E-state index in [-0.39, 0.29) is 5.56 Å². The van der Waals surface area contributed by atoms with Crippen molar-refractivity contribution in [1.29, 1.82) is 0 Å². The molecule has 88 valence electrons. The zero-order valence-electron chi connectivity index (χ0n) is 9.35. The Morgan fingerprint density at radius 2 is 1.72 bits per heavy atom. The summed E-state index contributed by atoms with van der Waals surface area (Å²) in [4.78, 5) is 18.4. The van der Waals surface area contributed by atoms with Crippen LogP contribution in [-0.4, -0.2) is 9.97 Å². The van der Waals surface area contributed by atoms with Crippen LogP contribution < -0.4 is 5.56 Å². The lowest BCUT2D eigenvalue weighted by molar-refractivity contribution is 1.17. The predicted octanol–water partition coefficient (Wildman–Crippen LogP) is 3.24. The quantitative estimate of drug-likeness (QED) is 0.726. The van der Waals surface area contributed by atoms with Crippen LogP contribution in [-0.2, 0) is 0 Å². The molecule has 0 saturated heterocycles. The van der Waals surface area contributed by atoms with Crippen molar-refractivity contribution < 1.29 is 0 Å². The number of rotatable bonds is 1. The Kier molecular flexibility index (Phi) is 2.61. The molecule has 18 heavy (non-hydrogen) atoms. The van der Waals surface area contributed by atoms with E-state index in [1.54, 1.807) is 0 Å². The number of hydrogen-bond acceptors (Lipinski definition) is 2. The van der Waals surface area contributed by atoms with Gasteiger partial charge in [0.15, 0.2) is 0 Å². The van der Waals surface area contributed by atoms with Crippen molar-refractivity contribution in [2.45, 2.75) is 0 Å². The monoisotopic (exact) mass is 256 g/mol. The highest BCUT2D eigenvalue weighted by Crippen LogP contribution is 2.23. The summed E-state index contributed by atoms with van der Waals surface area (Å²) < 4.78 is 0. The Morgan fingerprint density at radius 1 is 1.00 bits per heavy atom. The third kappa shape index (κ3) is 1.89. The van der Waals surface area contributed by atoms with Gasteiger partial charge in [0.2, 0.25) is 0 Å². The van der Waals surface area contributed by atoms with E-state index in [0.29, 0.717) is 15.9 Å². The molecule has 0 saturated carbocycles. The van der Waals surface area contributed by atoms with Crippen LogP contribution in [0.4, 0.5) is 0 Å². The number of H-pyrrole nitrogens is 1. The fraction of sp³-hybridized carbons (Fsp3) is 0. The maximum atomic E-state index is 11.7. The number of hydrogen-bond donors (Lipinski definition) is 1. The molecule has 4 heteroatoms. The van der Waals surface area contributed by atoms with Gasteiger partial charge in [-0.15, -0.1) is 0 Å². The maximum absolute atomic E-state index is 11.7. The Balaban J connectivity index is 2.22. The van der Waals surface area contributed by atoms with E-state index in [0.717, 1.165) is 11.1 Å². The van der Waals surface area contributed by atoms with E-state index in [2.05, 4.69) is 9.97 Å². The number of fused-ring (bicyclic) bond motifs is 1. The van der Waals surface area contributed by atoms with Crippen LogP contribution in [0.15, 0.2) is 53.6 Å². The van der Waals surface area contributed by atoms with Crippen LogP contribution >= 0.6 is 11.6 Å². The molecule has 3 rings (SSSR count). The second-order valence-corrected chi connectivity index (χ2v) is 4.41. The molecular formula is C14H9ClN2O. The predicted molar refractivity (Wildman–Crippen MR) is 72.8 cm³/mol. The average molecular weight is 257 g/mol. The first-order chi connectivity index (χ1) is 8.74. The molecule has 3 aromatic rings. The van der Waals surface area contributed by atoms with E-state index in [9.17, 15) is 4.79 Å². The summed E-state index contributed by atoms with van der Waals surface area (Å²) in [5.41, 5.74) is 2.55. The first-order valence-electron chi connectivity index (χ1n) is 5.47. The molecule has 3 nitrogen and oxygen atoms in total. The minimum Gasteiger partial charge on any atom is -0.313 e. The highest BCUT2D eigenvalue weighted by atomic mass is 35.5. The molecule has 0 spiro atoms. The van der Waals surface area contributed by atoms with Crippen molar-refractivity contribution in [1.82, 2.24) is 9.97 Å². The lowest BCUT2D eigenvalue weighted by Gasteiger charge is -2.03. The van der Waals surface area contributed by atoms with Crippen LogP contribution in [0.1, 0.15) is 0 Å². The number of benzene rings is 2. The number of nitrogens with zero attached hydrogens (tertiary/aromatic N) is 1. The van der Waals surface area contributed by atoms with Gasteiger partial charge >= 0.3 is 0 Å². The molecule has 0 aliphatic carbocycles. The Labute approximate surface area is 108 Å². The molecular weight excluding hydrogens is 248 g/mol. The number of aromatic amines is 1. The van der Waals surface area contributed by atoms with Crippen molar-refractivity contribution >= 4 is 22.5 Å². The summed E-state index contributed by atoms with van der Waals surface area (Å²) >= 11 is 5.85. The molecule has 1 aromatic heterocycles. The van der Waals surface area contributed by atoms with Crippen molar-refractivity contribution in [3.05, 3.63) is 64.2 Å². The summed E-state index contributed by atoms with van der Waals surface area (Å²) in [6.07, 6.45) is 1.41. The molecule has 0 bridgehead atoms. The highest BCUT2D eigenvalue weighted by molar-refractivity contribution is 6.30. The van der Waals surface area contributed by atoms with Gasteiger partial charge in [-0.1, -0.05) is 29.8 Å². The number of aromatic nitrogens is 2. The number of nitrogens with one attached hydrogen (secondary N) is 1. The van der Waals surface area contributed by atoms with E-state index in [1.807, 2.05) is 42.5 Å². The zero-order valence-corrected chi connectivity index (χ0v) is 10.1. The molecule has 2 aromatic carbocycles. The molecule has 0 radical (unpaired) electrons. The minimum atomic E-state index is -0.129. The van der Waals surface area contributed by atoms with Gasteiger partial charge in [0, 0.05) is 5.02 Å². The third-order valence-corrected chi connectivity index (χ3v) is 3.07. The van der Waals surface area contributed by atoms with Gasteiger partial charge in [0.05, 0.1) is 17.2 Å². The van der Waals surface area contributed by atoms with Crippen molar-refractivity contribution in [2.24, 2.45) is 0 Å². The smallest absolute Gasteiger partial charge is 0.258 e. The molecule has 0 unspecified atom stereocenters. The van der Waals surface area contributed by atoms with Gasteiger partial charge < -0.3 is 4.98 Å². The summed E-state index contributed by atoms with van der Waals surface area (Å²) in [5.74, 6) is 0. The summed E-state index contributed by atoms with van der Waals surface area (Å²) in [5, 5.41) is 1.28. The normalized spacial score (nSPS) is 10.7. The SMILES string of the molecule is O=c1[nH]cnc2ccc(-c3ccc(Cl)cc3)cc12. The molecule has 0 amide bonds. The van der Waals surface area contributed by atoms with Gasteiger partial charge in [-0.2, -0.15) is 0 Å². The van der Waals surface area contributed by atoms with Gasteiger partial charge in [0.1, 0.15) is 0 Å². The fourth-order valence-corrected chi connectivity index (χ4v) is 2.02. The third-order valence-electron chi connectivity index (χ3n) is 2.82. The molecule has 0 fully saturated rings. The summed E-state index contributed by atoms with van der Waals surface area (Å²) in [7, 11) is 0. The zero-order chi connectivity index (χ0) is 12.5. The van der Waals surface area contributed by atoms with Crippen LogP contribution in [0.2, 0.25) is 5.02 Å². The summed E-state index contributed by atoms with van der Waals surface area (Å²) in [6.45, 7) is 0. The van der Waals surface area contributed by atoms with Crippen molar-refractivity contribution in [2.75, 3.05) is 0 Å². The topological polar surface area (TPSA) is 45.8 Å². The van der Waals surface area contributed by atoms with Crippen LogP contribution in [0.25, 0.3) is 22.0 Å². The van der Waals surface area contributed by atoms with E-state index >= 15 is 0 Å². The molecule has 1 N–H and O–H groups in total. The Morgan fingerprint density at radius 3 is 2.50 bits per heavy atom. The van der Waals surface area contributed by atoms with Crippen LogP contribution in [0, 0.1) is 0 Å². The standard InChI is InChI=1S/C14H9ClN2O/c15-11-4-1-9(2-5-11)10-3-6-13-12(7-10)14(18)17-8-16-13/h1-8H,(H,16,17,18). The minimum absolute atomic E-state index is 0.129. The lowest BCUT2D eigenvalue weighted by Crippen LogP contribution is -2.05. The molecule has 0 aliphatic heterocycles. The van der Waals surface area contributed by atoms with Crippen LogP contribution in [0.5, 0.6) is 0 Å². The van der Waals surface area contributed by atoms with Crippen LogP contribution in [0.3, 0.4) is 0 Å². The first kappa shape index (κ1) is 11.0. The molecule has 0 atom stereocenters. The first-order valence-corrected chi connectivity index (χ1v) is 5.85. The van der Waals surface area contributed by atoms with Gasteiger partial charge in [-0.05, 0) is 35.4 Å². The second-order valence-electron chi connectivity index (χ2n) is 3.97. The second kappa shape index (κ2) is 4.27. The van der Waals surface area contributed by atoms with E-state index < -0.39 is 0 Å². The Hall–Kier alpha value is -2.13. The molecule has 1 heterocycles. The van der Waals surface area contributed by atoms with Crippen molar-refractivity contribution in [3.8, 4) is 11.1 Å². The van der Waals surface area contributed by atoms with E-state index in [4.69, 9.17) is 11.6 Å². The van der Waals surface area contributed by atoms with E-state index in [1.165, 1.54) is 6.33 Å². The lowest BCUT2D eigenvalue weighted by atomic mass is 10.0. The maximum Gasteiger partial charge on any atom is 0.258 e. The number of halogens is 1. The average Bonchev–Trinajstić information content (AvgIpc) is 2.40. The summed E-state index contributed by atoms with van der Waals surface area (Å²) in [6, 6.07) is 13.1. The largest absolute Gasteiger partial charge is 0.313 e. The van der Waals surface area contributed by atoms with Crippen molar-refractivity contribution in [3.63, 3.8) is 0 Å². The highest BCUT2D eigenvalue weighted by Gasteiger charge is 2.03. The fourth-order valence-electron chi connectivity index (χ4n) is 1.89. The van der Waals surface area contributed by atoms with Gasteiger partial charge in [-0.3, -0.25) is 4.79 Å². The van der Waals surface area contributed by atoms with Gasteiger partial charge in [-0.25, -0.2) is 4.98 Å². The van der Waals surface area contributed by atoms with Gasteiger partial charge in [0.25, 0.3) is 5.56 Å². The molecule has 0 aliphatic rings. The Bertz CT molecular complexity index is 763.